The summed E-state index contributed by atoms with van der Waals surface area (Å²) < 4.78 is 10.2. The number of aromatic nitrogens is 1. The molecule has 0 atom stereocenters. The predicted molar refractivity (Wildman–Crippen MR) is 77.6 cm³/mol. The number of nitrogens with zero attached hydrogens (tertiary/aromatic N) is 1. The van der Waals surface area contributed by atoms with Gasteiger partial charge in [0.1, 0.15) is 0 Å². The van der Waals surface area contributed by atoms with E-state index in [1.165, 1.54) is 11.8 Å². The summed E-state index contributed by atoms with van der Waals surface area (Å²) in [5.41, 5.74) is 1.95. The standard InChI is InChI=1S/C16H17NO4/c18-16(19)21-15-14(7-4-10-17-15)9-12-20-11-8-13-5-2-1-3-6-13/h1-7,10H,8-9,11-12H2,(H,18,19). The highest BCUT2D eigenvalue weighted by atomic mass is 16.7. The van der Waals surface area contributed by atoms with Crippen LogP contribution in [0, 0.1) is 0 Å². The van der Waals surface area contributed by atoms with Crippen LogP contribution in [0.4, 0.5) is 4.79 Å². The first-order valence-corrected chi connectivity index (χ1v) is 6.72. The van der Waals surface area contributed by atoms with Crippen LogP contribution in [0.1, 0.15) is 11.1 Å². The Balaban J connectivity index is 1.75. The van der Waals surface area contributed by atoms with Crippen LogP contribution in [-0.4, -0.2) is 29.5 Å². The van der Waals surface area contributed by atoms with Crippen molar-refractivity contribution in [2.75, 3.05) is 13.2 Å². The Morgan fingerprint density at radius 3 is 2.57 bits per heavy atom. The quantitative estimate of drug-likeness (QED) is 0.626. The molecule has 0 aliphatic carbocycles. The summed E-state index contributed by atoms with van der Waals surface area (Å²) in [4.78, 5) is 14.5. The topological polar surface area (TPSA) is 68.7 Å². The Labute approximate surface area is 123 Å². The fourth-order valence-corrected chi connectivity index (χ4v) is 1.91. The second-order valence-corrected chi connectivity index (χ2v) is 4.43. The largest absolute Gasteiger partial charge is 0.512 e. The fraction of sp³-hybridized carbons (Fsp3) is 0.250. The van der Waals surface area contributed by atoms with Crippen molar-refractivity contribution in [3.05, 3.63) is 59.8 Å². The van der Waals surface area contributed by atoms with Gasteiger partial charge in [0.25, 0.3) is 0 Å². The predicted octanol–water partition coefficient (Wildman–Crippen LogP) is 2.94. The first-order chi connectivity index (χ1) is 10.3. The van der Waals surface area contributed by atoms with Crippen molar-refractivity contribution >= 4 is 6.16 Å². The third-order valence-electron chi connectivity index (χ3n) is 2.93. The van der Waals surface area contributed by atoms with Gasteiger partial charge in [-0.3, -0.25) is 0 Å². The highest BCUT2D eigenvalue weighted by molar-refractivity contribution is 5.60. The molecule has 0 bridgehead atoms. The number of rotatable bonds is 7. The molecule has 0 unspecified atom stereocenters. The Hall–Kier alpha value is -2.40. The number of carboxylic acid groups (broad SMARTS) is 1. The molecule has 0 aliphatic rings. The summed E-state index contributed by atoms with van der Waals surface area (Å²) in [6.45, 7) is 1.12. The number of pyridine rings is 1. The van der Waals surface area contributed by atoms with Crippen molar-refractivity contribution < 1.29 is 19.4 Å². The molecule has 0 aliphatic heterocycles. The molecular formula is C16H17NO4. The van der Waals surface area contributed by atoms with E-state index >= 15 is 0 Å². The van der Waals surface area contributed by atoms with Gasteiger partial charge < -0.3 is 14.6 Å². The molecule has 5 nitrogen and oxygen atoms in total. The number of ether oxygens (including phenoxy) is 2. The van der Waals surface area contributed by atoms with Gasteiger partial charge in [0.15, 0.2) is 0 Å². The number of benzene rings is 1. The minimum Gasteiger partial charge on any atom is -0.449 e. The van der Waals surface area contributed by atoms with E-state index in [9.17, 15) is 4.79 Å². The van der Waals surface area contributed by atoms with Crippen molar-refractivity contribution in [2.24, 2.45) is 0 Å². The van der Waals surface area contributed by atoms with Gasteiger partial charge in [0.05, 0.1) is 13.2 Å². The van der Waals surface area contributed by atoms with E-state index in [1.54, 1.807) is 12.1 Å². The van der Waals surface area contributed by atoms with E-state index in [0.29, 0.717) is 19.6 Å². The van der Waals surface area contributed by atoms with Crippen LogP contribution in [0.5, 0.6) is 5.88 Å². The Morgan fingerprint density at radius 1 is 1.05 bits per heavy atom. The molecule has 0 spiro atoms. The lowest BCUT2D eigenvalue weighted by Gasteiger charge is -2.07. The second kappa shape index (κ2) is 8.01. The highest BCUT2D eigenvalue weighted by Crippen LogP contribution is 2.15. The van der Waals surface area contributed by atoms with Gasteiger partial charge in [-0.25, -0.2) is 9.78 Å². The van der Waals surface area contributed by atoms with Crippen molar-refractivity contribution in [3.8, 4) is 5.88 Å². The molecule has 5 heteroatoms. The Morgan fingerprint density at radius 2 is 1.81 bits per heavy atom. The maximum Gasteiger partial charge on any atom is 0.512 e. The summed E-state index contributed by atoms with van der Waals surface area (Å²) in [5, 5.41) is 8.63. The van der Waals surface area contributed by atoms with Crippen LogP contribution in [-0.2, 0) is 17.6 Å². The van der Waals surface area contributed by atoms with Crippen LogP contribution >= 0.6 is 0 Å². The van der Waals surface area contributed by atoms with Gasteiger partial charge in [0, 0.05) is 18.2 Å². The van der Waals surface area contributed by atoms with Crippen molar-refractivity contribution in [1.29, 1.82) is 0 Å². The zero-order chi connectivity index (χ0) is 14.9. The maximum absolute atomic E-state index is 10.6. The fourth-order valence-electron chi connectivity index (χ4n) is 1.91. The van der Waals surface area contributed by atoms with E-state index in [4.69, 9.17) is 9.84 Å². The van der Waals surface area contributed by atoms with Gasteiger partial charge >= 0.3 is 6.16 Å². The molecule has 1 N–H and O–H groups in total. The monoisotopic (exact) mass is 287 g/mol. The van der Waals surface area contributed by atoms with Crippen molar-refractivity contribution in [1.82, 2.24) is 4.98 Å². The molecule has 0 radical (unpaired) electrons. The van der Waals surface area contributed by atoms with Gasteiger partial charge in [0.2, 0.25) is 5.88 Å². The zero-order valence-electron chi connectivity index (χ0n) is 11.6. The van der Waals surface area contributed by atoms with Crippen LogP contribution < -0.4 is 4.74 Å². The SMILES string of the molecule is O=C(O)Oc1ncccc1CCOCCc1ccccc1. The third-order valence-corrected chi connectivity index (χ3v) is 2.93. The third kappa shape index (κ3) is 5.24. The number of hydrogen-bond donors (Lipinski definition) is 1. The zero-order valence-corrected chi connectivity index (χ0v) is 11.6. The highest BCUT2D eigenvalue weighted by Gasteiger charge is 2.08. The normalized spacial score (nSPS) is 10.3. The first-order valence-electron chi connectivity index (χ1n) is 6.72. The molecule has 0 saturated heterocycles. The smallest absolute Gasteiger partial charge is 0.449 e. The molecule has 1 aromatic heterocycles. The van der Waals surface area contributed by atoms with Crippen molar-refractivity contribution in [3.63, 3.8) is 0 Å². The van der Waals surface area contributed by atoms with Gasteiger partial charge in [-0.05, 0) is 18.1 Å². The average Bonchev–Trinajstić information content (AvgIpc) is 2.49. The lowest BCUT2D eigenvalue weighted by Crippen LogP contribution is -2.09. The Bertz CT molecular complexity index is 571. The summed E-state index contributed by atoms with van der Waals surface area (Å²) in [5.74, 6) is 0.122. The van der Waals surface area contributed by atoms with E-state index < -0.39 is 6.16 Å². The van der Waals surface area contributed by atoms with Crippen molar-refractivity contribution in [2.45, 2.75) is 12.8 Å². The minimum atomic E-state index is -1.36. The Kier molecular flexibility index (Phi) is 5.72. The second-order valence-electron chi connectivity index (χ2n) is 4.43. The number of carbonyl (C=O) groups is 1. The van der Waals surface area contributed by atoms with Gasteiger partial charge in [-0.15, -0.1) is 0 Å². The molecule has 2 aromatic rings. The summed E-state index contributed by atoms with van der Waals surface area (Å²) in [7, 11) is 0. The van der Waals surface area contributed by atoms with Crippen LogP contribution in [0.3, 0.4) is 0 Å². The molecule has 2 rings (SSSR count). The average molecular weight is 287 g/mol. The summed E-state index contributed by atoms with van der Waals surface area (Å²) in [6.07, 6.45) is 1.55. The molecule has 110 valence electrons. The van der Waals surface area contributed by atoms with Gasteiger partial charge in [-0.1, -0.05) is 36.4 Å². The van der Waals surface area contributed by atoms with E-state index in [1.807, 2.05) is 18.2 Å². The maximum atomic E-state index is 10.6. The van der Waals surface area contributed by atoms with Crippen LogP contribution in [0.25, 0.3) is 0 Å². The summed E-state index contributed by atoms with van der Waals surface area (Å²) >= 11 is 0. The number of hydrogen-bond acceptors (Lipinski definition) is 4. The lowest BCUT2D eigenvalue weighted by atomic mass is 10.2. The molecule has 21 heavy (non-hydrogen) atoms. The molecule has 0 amide bonds. The van der Waals surface area contributed by atoms with Crippen LogP contribution in [0.2, 0.25) is 0 Å². The lowest BCUT2D eigenvalue weighted by molar-refractivity contribution is 0.135. The minimum absolute atomic E-state index is 0.122. The van der Waals surface area contributed by atoms with E-state index in [-0.39, 0.29) is 5.88 Å². The summed E-state index contributed by atoms with van der Waals surface area (Å²) in [6, 6.07) is 13.6. The van der Waals surface area contributed by atoms with E-state index in [0.717, 1.165) is 12.0 Å². The molecule has 0 fully saturated rings. The molecule has 1 heterocycles. The molecule has 1 aromatic carbocycles. The molecule has 0 saturated carbocycles. The van der Waals surface area contributed by atoms with Gasteiger partial charge in [-0.2, -0.15) is 0 Å². The molecular weight excluding hydrogens is 270 g/mol. The first kappa shape index (κ1) is 15.0. The van der Waals surface area contributed by atoms with E-state index in [2.05, 4.69) is 21.9 Å². The van der Waals surface area contributed by atoms with Crippen LogP contribution in [0.15, 0.2) is 48.7 Å².